The van der Waals surface area contributed by atoms with Crippen LogP contribution in [0.15, 0.2) is 60.9 Å². The molecule has 1 amide bonds. The van der Waals surface area contributed by atoms with Gasteiger partial charge in [0.1, 0.15) is 0 Å². The van der Waals surface area contributed by atoms with E-state index in [1.165, 1.54) is 5.56 Å². The number of nitrogen functional groups attached to an aromatic ring is 1. The Morgan fingerprint density at radius 2 is 2.03 bits per heavy atom. The van der Waals surface area contributed by atoms with Gasteiger partial charge in [0.05, 0.1) is 22.8 Å². The Hall–Kier alpha value is -3.86. The summed E-state index contributed by atoms with van der Waals surface area (Å²) < 4.78 is 1.99. The van der Waals surface area contributed by atoms with Crippen LogP contribution in [0.4, 0.5) is 11.8 Å². The summed E-state index contributed by atoms with van der Waals surface area (Å²) >= 11 is 6.12. The standard InChI is InChI=1S/C27H25ClN6O/c1-2-3-15-33-16-5-7-22(33)20-17-24(34-23(20)12-14-31-27(34)29)18-8-10-19(11-9-18)26(35)32-25-21(28)6-4-13-30-25/h4,6,8-14,17,22H,5,7,15-16H2,1H3,(H2,29,31)(H,30,32,35). The van der Waals surface area contributed by atoms with Crippen LogP contribution < -0.4 is 11.1 Å². The Kier molecular flexibility index (Phi) is 6.41. The van der Waals surface area contributed by atoms with Crippen LogP contribution in [0.1, 0.15) is 41.7 Å². The molecular formula is C27H25ClN6O. The molecule has 0 spiro atoms. The third-order valence-corrected chi connectivity index (χ3v) is 6.66. The minimum Gasteiger partial charge on any atom is -0.369 e. The SMILES string of the molecule is CC#CCN1CCCC1c1cc(-c2ccc(C(=O)Nc3ncccc3Cl)cc2)n2c(N)nccc12. The van der Waals surface area contributed by atoms with Crippen molar-refractivity contribution >= 4 is 34.8 Å². The number of nitrogens with two attached hydrogens (primary N) is 1. The van der Waals surface area contributed by atoms with Crippen molar-refractivity contribution in [1.29, 1.82) is 0 Å². The van der Waals surface area contributed by atoms with Gasteiger partial charge in [-0.15, -0.1) is 5.92 Å². The molecule has 0 aliphatic carbocycles. The summed E-state index contributed by atoms with van der Waals surface area (Å²) in [4.78, 5) is 23.6. The number of benzene rings is 1. The van der Waals surface area contributed by atoms with Crippen molar-refractivity contribution in [2.24, 2.45) is 0 Å². The number of halogens is 1. The lowest BCUT2D eigenvalue weighted by Gasteiger charge is -2.21. The zero-order chi connectivity index (χ0) is 24.4. The number of anilines is 2. The molecule has 5 rings (SSSR count). The van der Waals surface area contributed by atoms with Gasteiger partial charge in [0.25, 0.3) is 5.91 Å². The topological polar surface area (TPSA) is 88.5 Å². The maximum absolute atomic E-state index is 12.7. The van der Waals surface area contributed by atoms with Gasteiger partial charge in [0.15, 0.2) is 5.82 Å². The molecule has 1 aromatic carbocycles. The number of likely N-dealkylation sites (tertiary alicyclic amines) is 1. The van der Waals surface area contributed by atoms with Gasteiger partial charge < -0.3 is 11.1 Å². The van der Waals surface area contributed by atoms with Gasteiger partial charge in [-0.2, -0.15) is 0 Å². The van der Waals surface area contributed by atoms with E-state index in [1.54, 1.807) is 36.7 Å². The summed E-state index contributed by atoms with van der Waals surface area (Å²) in [5, 5.41) is 3.14. The van der Waals surface area contributed by atoms with Gasteiger partial charge in [0, 0.05) is 24.0 Å². The van der Waals surface area contributed by atoms with Crippen LogP contribution in [-0.2, 0) is 0 Å². The maximum atomic E-state index is 12.7. The first-order valence-corrected chi connectivity index (χ1v) is 11.9. The maximum Gasteiger partial charge on any atom is 0.256 e. The normalized spacial score (nSPS) is 15.7. The van der Waals surface area contributed by atoms with E-state index in [0.29, 0.717) is 22.4 Å². The number of fused-ring (bicyclic) bond motifs is 1. The number of rotatable bonds is 5. The van der Waals surface area contributed by atoms with E-state index in [2.05, 4.69) is 38.1 Å². The van der Waals surface area contributed by atoms with E-state index in [1.807, 2.05) is 29.5 Å². The van der Waals surface area contributed by atoms with Gasteiger partial charge in [-0.1, -0.05) is 29.7 Å². The lowest BCUT2D eigenvalue weighted by molar-refractivity contribution is 0.102. The molecule has 1 unspecified atom stereocenters. The summed E-state index contributed by atoms with van der Waals surface area (Å²) in [6.45, 7) is 3.65. The quantitative estimate of drug-likeness (QED) is 0.387. The van der Waals surface area contributed by atoms with Gasteiger partial charge in [0.2, 0.25) is 5.95 Å². The molecular weight excluding hydrogens is 460 g/mol. The molecule has 1 fully saturated rings. The molecule has 0 radical (unpaired) electrons. The lowest BCUT2D eigenvalue weighted by atomic mass is 10.0. The molecule has 4 heterocycles. The first-order chi connectivity index (χ1) is 17.1. The lowest BCUT2D eigenvalue weighted by Crippen LogP contribution is -2.23. The highest BCUT2D eigenvalue weighted by Gasteiger charge is 2.29. The number of hydrogen-bond acceptors (Lipinski definition) is 5. The number of aromatic nitrogens is 3. The Labute approximate surface area is 208 Å². The molecule has 176 valence electrons. The minimum absolute atomic E-state index is 0.273. The molecule has 1 aliphatic rings. The van der Waals surface area contributed by atoms with Crippen molar-refractivity contribution in [3.8, 4) is 23.1 Å². The molecule has 3 N–H and O–H groups in total. The third kappa shape index (κ3) is 4.46. The zero-order valence-electron chi connectivity index (χ0n) is 19.3. The van der Waals surface area contributed by atoms with Crippen LogP contribution in [-0.4, -0.2) is 38.3 Å². The minimum atomic E-state index is -0.280. The van der Waals surface area contributed by atoms with Crippen molar-refractivity contribution in [2.45, 2.75) is 25.8 Å². The van der Waals surface area contributed by atoms with Crippen molar-refractivity contribution in [3.63, 3.8) is 0 Å². The van der Waals surface area contributed by atoms with Crippen molar-refractivity contribution in [3.05, 3.63) is 77.1 Å². The van der Waals surface area contributed by atoms with Crippen LogP contribution in [0.5, 0.6) is 0 Å². The first kappa shape index (κ1) is 22.9. The third-order valence-electron chi connectivity index (χ3n) is 6.35. The van der Waals surface area contributed by atoms with E-state index in [9.17, 15) is 4.79 Å². The molecule has 8 heteroatoms. The summed E-state index contributed by atoms with van der Waals surface area (Å²) in [5.74, 6) is 6.69. The highest BCUT2D eigenvalue weighted by Crippen LogP contribution is 2.38. The van der Waals surface area contributed by atoms with Crippen LogP contribution in [0.3, 0.4) is 0 Å². The van der Waals surface area contributed by atoms with Gasteiger partial charge in [-0.3, -0.25) is 14.1 Å². The van der Waals surface area contributed by atoms with Crippen LogP contribution in [0.2, 0.25) is 5.02 Å². The number of nitrogens with zero attached hydrogens (tertiary/aromatic N) is 4. The molecule has 1 saturated heterocycles. The highest BCUT2D eigenvalue weighted by atomic mass is 35.5. The van der Waals surface area contributed by atoms with Crippen molar-refractivity contribution in [1.82, 2.24) is 19.3 Å². The molecule has 4 aromatic rings. The Balaban J connectivity index is 1.48. The molecule has 1 atom stereocenters. The van der Waals surface area contributed by atoms with Crippen LogP contribution in [0.25, 0.3) is 16.8 Å². The second-order valence-electron chi connectivity index (χ2n) is 8.43. The van der Waals surface area contributed by atoms with E-state index < -0.39 is 0 Å². The number of amides is 1. The number of carbonyl (C=O) groups excluding carboxylic acids is 1. The zero-order valence-corrected chi connectivity index (χ0v) is 20.1. The van der Waals surface area contributed by atoms with Crippen molar-refractivity contribution < 1.29 is 4.79 Å². The van der Waals surface area contributed by atoms with E-state index in [0.717, 1.165) is 42.7 Å². The van der Waals surface area contributed by atoms with E-state index >= 15 is 0 Å². The number of hydrogen-bond donors (Lipinski definition) is 2. The fourth-order valence-electron chi connectivity index (χ4n) is 4.68. The van der Waals surface area contributed by atoms with Gasteiger partial charge in [-0.05, 0) is 73.8 Å². The Bertz CT molecular complexity index is 1450. The predicted octanol–water partition coefficient (Wildman–Crippen LogP) is 5.04. The molecule has 35 heavy (non-hydrogen) atoms. The van der Waals surface area contributed by atoms with Gasteiger partial charge in [-0.25, -0.2) is 9.97 Å². The monoisotopic (exact) mass is 484 g/mol. The average molecular weight is 485 g/mol. The summed E-state index contributed by atoms with van der Waals surface area (Å²) in [5.41, 5.74) is 11.0. The van der Waals surface area contributed by atoms with Gasteiger partial charge >= 0.3 is 0 Å². The number of carbonyl (C=O) groups is 1. The molecule has 0 bridgehead atoms. The largest absolute Gasteiger partial charge is 0.369 e. The number of pyridine rings is 1. The molecule has 7 nitrogen and oxygen atoms in total. The fourth-order valence-corrected chi connectivity index (χ4v) is 4.85. The molecule has 3 aromatic heterocycles. The first-order valence-electron chi connectivity index (χ1n) is 11.5. The summed E-state index contributed by atoms with van der Waals surface area (Å²) in [6, 6.07) is 15.3. The fraction of sp³-hybridized carbons (Fsp3) is 0.222. The van der Waals surface area contributed by atoms with E-state index in [4.69, 9.17) is 17.3 Å². The van der Waals surface area contributed by atoms with Crippen molar-refractivity contribution in [2.75, 3.05) is 24.1 Å². The molecule has 1 aliphatic heterocycles. The van der Waals surface area contributed by atoms with Crippen LogP contribution in [0, 0.1) is 11.8 Å². The average Bonchev–Trinajstić information content (AvgIpc) is 3.49. The summed E-state index contributed by atoms with van der Waals surface area (Å²) in [6.07, 6.45) is 5.53. The Morgan fingerprint density at radius 1 is 1.20 bits per heavy atom. The predicted molar refractivity (Wildman–Crippen MR) is 139 cm³/mol. The highest BCUT2D eigenvalue weighted by molar-refractivity contribution is 6.33. The smallest absolute Gasteiger partial charge is 0.256 e. The second-order valence-corrected chi connectivity index (χ2v) is 8.84. The van der Waals surface area contributed by atoms with E-state index in [-0.39, 0.29) is 11.9 Å². The Morgan fingerprint density at radius 3 is 2.80 bits per heavy atom. The van der Waals surface area contributed by atoms with Crippen LogP contribution >= 0.6 is 11.6 Å². The second kappa shape index (κ2) is 9.79. The number of nitrogens with one attached hydrogen (secondary N) is 1. The molecule has 0 saturated carbocycles. The summed E-state index contributed by atoms with van der Waals surface area (Å²) in [7, 11) is 0.